The van der Waals surface area contributed by atoms with E-state index >= 15 is 0 Å². The minimum Gasteiger partial charge on any atom is -0.313 e. The van der Waals surface area contributed by atoms with Crippen molar-refractivity contribution in [2.24, 2.45) is 0 Å². The molecule has 3 heteroatoms. The molecule has 0 aliphatic carbocycles. The molecular formula is C14H31N3. The van der Waals surface area contributed by atoms with E-state index in [2.05, 4.69) is 63.7 Å². The fraction of sp³-hybridized carbons (Fsp3) is 1.00. The molecule has 0 aromatic rings. The van der Waals surface area contributed by atoms with Gasteiger partial charge in [-0.1, -0.05) is 13.8 Å². The van der Waals surface area contributed by atoms with Crippen LogP contribution in [0.3, 0.4) is 0 Å². The summed E-state index contributed by atoms with van der Waals surface area (Å²) in [5.41, 5.74) is 0.527. The van der Waals surface area contributed by atoms with E-state index in [1.165, 1.54) is 0 Å². The molecule has 1 heterocycles. The lowest BCUT2D eigenvalue weighted by Gasteiger charge is -2.55. The van der Waals surface area contributed by atoms with Gasteiger partial charge in [0.2, 0.25) is 0 Å². The van der Waals surface area contributed by atoms with Gasteiger partial charge in [-0.05, 0) is 34.7 Å². The number of hydrogen-bond donors (Lipinski definition) is 1. The van der Waals surface area contributed by atoms with Crippen LogP contribution in [0.15, 0.2) is 0 Å². The first-order chi connectivity index (χ1) is 7.65. The summed E-state index contributed by atoms with van der Waals surface area (Å²) in [6, 6.07) is 0.587. The summed E-state index contributed by atoms with van der Waals surface area (Å²) in [5, 5.41) is 3.50. The number of hydrogen-bond acceptors (Lipinski definition) is 3. The molecule has 0 aromatic carbocycles. The highest BCUT2D eigenvalue weighted by molar-refractivity contribution is 4.99. The van der Waals surface area contributed by atoms with Crippen molar-refractivity contribution in [1.82, 2.24) is 15.1 Å². The molecule has 1 saturated heterocycles. The maximum absolute atomic E-state index is 3.50. The Morgan fingerprint density at radius 2 is 1.53 bits per heavy atom. The van der Waals surface area contributed by atoms with Crippen molar-refractivity contribution in [3.63, 3.8) is 0 Å². The maximum Gasteiger partial charge on any atom is 0.0283 e. The molecule has 0 amide bonds. The lowest BCUT2D eigenvalue weighted by atomic mass is 9.88. The molecular weight excluding hydrogens is 210 g/mol. The summed E-state index contributed by atoms with van der Waals surface area (Å²) >= 11 is 0. The van der Waals surface area contributed by atoms with Crippen molar-refractivity contribution in [2.45, 2.75) is 58.7 Å². The van der Waals surface area contributed by atoms with Crippen molar-refractivity contribution in [1.29, 1.82) is 0 Å². The van der Waals surface area contributed by atoms with Crippen LogP contribution in [0, 0.1) is 0 Å². The lowest BCUT2D eigenvalue weighted by Crippen LogP contribution is -2.67. The molecule has 1 rings (SSSR count). The Kier molecular flexibility index (Phi) is 4.61. The Bertz CT molecular complexity index is 228. The molecule has 0 radical (unpaired) electrons. The number of likely N-dealkylation sites (N-methyl/N-ethyl adjacent to an activating group) is 1. The number of nitrogens with one attached hydrogen (secondary N) is 1. The fourth-order valence-electron chi connectivity index (χ4n) is 2.85. The second-order valence-corrected chi connectivity index (χ2v) is 7.00. The van der Waals surface area contributed by atoms with Crippen LogP contribution in [0.4, 0.5) is 0 Å². The third-order valence-electron chi connectivity index (χ3n) is 4.02. The van der Waals surface area contributed by atoms with Gasteiger partial charge >= 0.3 is 0 Å². The van der Waals surface area contributed by atoms with E-state index in [4.69, 9.17) is 0 Å². The molecule has 102 valence electrons. The molecule has 0 unspecified atom stereocenters. The zero-order valence-corrected chi connectivity index (χ0v) is 12.8. The molecule has 0 atom stereocenters. The van der Waals surface area contributed by atoms with E-state index in [0.717, 1.165) is 26.2 Å². The molecule has 3 nitrogen and oxygen atoms in total. The normalized spacial score (nSPS) is 25.4. The number of nitrogens with zero attached hydrogens (tertiary/aromatic N) is 2. The average molecular weight is 241 g/mol. The first-order valence-electron chi connectivity index (χ1n) is 6.85. The van der Waals surface area contributed by atoms with Crippen LogP contribution in [0.25, 0.3) is 0 Å². The fourth-order valence-corrected chi connectivity index (χ4v) is 2.85. The quantitative estimate of drug-likeness (QED) is 0.809. The number of piperazine rings is 1. The van der Waals surface area contributed by atoms with Gasteiger partial charge in [-0.2, -0.15) is 0 Å². The molecule has 17 heavy (non-hydrogen) atoms. The van der Waals surface area contributed by atoms with Crippen LogP contribution >= 0.6 is 0 Å². The van der Waals surface area contributed by atoms with Crippen molar-refractivity contribution < 1.29 is 0 Å². The lowest BCUT2D eigenvalue weighted by molar-refractivity contribution is -0.0495. The summed E-state index contributed by atoms with van der Waals surface area (Å²) in [6.07, 6.45) is 0. The minimum atomic E-state index is 0.263. The van der Waals surface area contributed by atoms with E-state index in [9.17, 15) is 0 Å². The van der Waals surface area contributed by atoms with Gasteiger partial charge in [0, 0.05) is 43.3 Å². The highest BCUT2D eigenvalue weighted by Crippen LogP contribution is 2.29. The standard InChI is InChI=1S/C14H31N3/c1-12(2)15-8-9-17-10-13(3,4)16(7)14(5,6)11-17/h12,15H,8-11H2,1-7H3. The first kappa shape index (κ1) is 14.9. The summed E-state index contributed by atoms with van der Waals surface area (Å²) < 4.78 is 0. The highest BCUT2D eigenvalue weighted by Gasteiger charge is 2.41. The maximum atomic E-state index is 3.50. The Hall–Kier alpha value is -0.120. The molecule has 0 bridgehead atoms. The van der Waals surface area contributed by atoms with Crippen LogP contribution in [0.5, 0.6) is 0 Å². The van der Waals surface area contributed by atoms with Crippen molar-refractivity contribution in [3.05, 3.63) is 0 Å². The van der Waals surface area contributed by atoms with Gasteiger partial charge in [0.1, 0.15) is 0 Å². The molecule has 0 aromatic heterocycles. The Labute approximate surface area is 108 Å². The summed E-state index contributed by atoms with van der Waals surface area (Å²) in [4.78, 5) is 5.11. The molecule has 1 N–H and O–H groups in total. The van der Waals surface area contributed by atoms with E-state index < -0.39 is 0 Å². The zero-order valence-electron chi connectivity index (χ0n) is 12.8. The van der Waals surface area contributed by atoms with Gasteiger partial charge < -0.3 is 5.32 Å². The minimum absolute atomic E-state index is 0.263. The van der Waals surface area contributed by atoms with E-state index in [-0.39, 0.29) is 11.1 Å². The zero-order chi connectivity index (χ0) is 13.3. The Morgan fingerprint density at radius 1 is 1.06 bits per heavy atom. The van der Waals surface area contributed by atoms with Gasteiger partial charge in [-0.15, -0.1) is 0 Å². The molecule has 1 aliphatic heterocycles. The van der Waals surface area contributed by atoms with E-state index in [1.807, 2.05) is 0 Å². The molecule has 0 spiro atoms. The Morgan fingerprint density at radius 3 is 1.94 bits per heavy atom. The number of rotatable bonds is 4. The SMILES string of the molecule is CC(C)NCCN1CC(C)(C)N(C)C(C)(C)C1. The second kappa shape index (κ2) is 5.25. The predicted octanol–water partition coefficient (Wildman–Crippen LogP) is 1.79. The monoisotopic (exact) mass is 241 g/mol. The third-order valence-corrected chi connectivity index (χ3v) is 4.02. The van der Waals surface area contributed by atoms with E-state index in [0.29, 0.717) is 6.04 Å². The third kappa shape index (κ3) is 3.94. The van der Waals surface area contributed by atoms with Crippen LogP contribution < -0.4 is 5.32 Å². The van der Waals surface area contributed by atoms with Crippen LogP contribution in [-0.2, 0) is 0 Å². The Balaban J connectivity index is 2.53. The van der Waals surface area contributed by atoms with Gasteiger partial charge in [0.05, 0.1) is 0 Å². The molecule has 1 aliphatic rings. The summed E-state index contributed by atoms with van der Waals surface area (Å²) in [5.74, 6) is 0. The van der Waals surface area contributed by atoms with Crippen LogP contribution in [0.2, 0.25) is 0 Å². The largest absolute Gasteiger partial charge is 0.313 e. The van der Waals surface area contributed by atoms with Crippen LogP contribution in [0.1, 0.15) is 41.5 Å². The summed E-state index contributed by atoms with van der Waals surface area (Å²) in [7, 11) is 2.25. The summed E-state index contributed by atoms with van der Waals surface area (Å²) in [6.45, 7) is 18.3. The smallest absolute Gasteiger partial charge is 0.0283 e. The van der Waals surface area contributed by atoms with Crippen molar-refractivity contribution in [2.75, 3.05) is 33.2 Å². The average Bonchev–Trinajstić information content (AvgIpc) is 2.12. The van der Waals surface area contributed by atoms with Gasteiger partial charge in [-0.25, -0.2) is 0 Å². The molecule has 0 saturated carbocycles. The topological polar surface area (TPSA) is 18.5 Å². The second-order valence-electron chi connectivity index (χ2n) is 7.00. The first-order valence-corrected chi connectivity index (χ1v) is 6.85. The molecule has 1 fully saturated rings. The van der Waals surface area contributed by atoms with Crippen molar-refractivity contribution >= 4 is 0 Å². The van der Waals surface area contributed by atoms with Gasteiger partial charge in [-0.3, -0.25) is 9.80 Å². The van der Waals surface area contributed by atoms with Gasteiger partial charge in [0.25, 0.3) is 0 Å². The highest BCUT2D eigenvalue weighted by atomic mass is 15.3. The van der Waals surface area contributed by atoms with Crippen LogP contribution in [-0.4, -0.2) is 60.1 Å². The predicted molar refractivity (Wildman–Crippen MR) is 75.5 cm³/mol. The van der Waals surface area contributed by atoms with Crippen molar-refractivity contribution in [3.8, 4) is 0 Å². The van der Waals surface area contributed by atoms with E-state index in [1.54, 1.807) is 0 Å². The van der Waals surface area contributed by atoms with Gasteiger partial charge in [0.15, 0.2) is 0 Å².